The second kappa shape index (κ2) is 9.14. The van der Waals surface area contributed by atoms with Crippen LogP contribution in [0.3, 0.4) is 0 Å². The minimum atomic E-state index is -0.185. The number of aromatic nitrogens is 3. The number of hydrogen-bond acceptors (Lipinski definition) is 7. The highest BCUT2D eigenvalue weighted by molar-refractivity contribution is 5.96. The van der Waals surface area contributed by atoms with Gasteiger partial charge in [-0.05, 0) is 36.4 Å². The van der Waals surface area contributed by atoms with Crippen LogP contribution in [-0.4, -0.2) is 41.3 Å². The van der Waals surface area contributed by atoms with Crippen molar-refractivity contribution in [3.05, 3.63) is 66.4 Å². The van der Waals surface area contributed by atoms with Gasteiger partial charge in [-0.15, -0.1) is 10.2 Å². The van der Waals surface area contributed by atoms with Crippen LogP contribution in [0.15, 0.2) is 60.8 Å². The first kappa shape index (κ1) is 18.1. The SMILES string of the molecule is COc1ccccc1C(=O)NCCNc1ccc(Nc2ccccn2)nn1. The van der Waals surface area contributed by atoms with Crippen LogP contribution in [0.5, 0.6) is 5.75 Å². The Bertz CT molecular complexity index is 871. The van der Waals surface area contributed by atoms with E-state index >= 15 is 0 Å². The number of rotatable bonds is 8. The van der Waals surface area contributed by atoms with E-state index in [1.165, 1.54) is 0 Å². The Morgan fingerprint density at radius 1 is 0.926 bits per heavy atom. The van der Waals surface area contributed by atoms with Crippen LogP contribution in [0, 0.1) is 0 Å². The molecule has 1 aromatic carbocycles. The summed E-state index contributed by atoms with van der Waals surface area (Å²) in [4.78, 5) is 16.4. The third-order valence-corrected chi connectivity index (χ3v) is 3.65. The van der Waals surface area contributed by atoms with Crippen LogP contribution in [0.2, 0.25) is 0 Å². The Hall–Kier alpha value is -3.68. The van der Waals surface area contributed by atoms with Crippen molar-refractivity contribution in [2.75, 3.05) is 30.8 Å². The van der Waals surface area contributed by atoms with Crippen molar-refractivity contribution in [1.82, 2.24) is 20.5 Å². The average Bonchev–Trinajstić information content (AvgIpc) is 2.73. The Morgan fingerprint density at radius 2 is 1.70 bits per heavy atom. The van der Waals surface area contributed by atoms with Gasteiger partial charge in [-0.3, -0.25) is 4.79 Å². The molecule has 0 spiro atoms. The molecular weight excluding hydrogens is 344 g/mol. The summed E-state index contributed by atoms with van der Waals surface area (Å²) in [5.41, 5.74) is 0.504. The fraction of sp³-hybridized carbons (Fsp3) is 0.158. The highest BCUT2D eigenvalue weighted by Crippen LogP contribution is 2.16. The molecule has 0 saturated heterocycles. The van der Waals surface area contributed by atoms with Crippen molar-refractivity contribution >= 4 is 23.4 Å². The Kier molecular flexibility index (Phi) is 6.13. The second-order valence-electron chi connectivity index (χ2n) is 5.53. The minimum Gasteiger partial charge on any atom is -0.496 e. The van der Waals surface area contributed by atoms with Crippen molar-refractivity contribution < 1.29 is 9.53 Å². The lowest BCUT2D eigenvalue weighted by Gasteiger charge is -2.10. The highest BCUT2D eigenvalue weighted by atomic mass is 16.5. The molecule has 0 fully saturated rings. The van der Waals surface area contributed by atoms with Gasteiger partial charge in [-0.1, -0.05) is 18.2 Å². The first-order chi connectivity index (χ1) is 13.3. The third-order valence-electron chi connectivity index (χ3n) is 3.65. The van der Waals surface area contributed by atoms with Gasteiger partial charge in [-0.25, -0.2) is 4.98 Å². The molecule has 0 aliphatic heterocycles. The van der Waals surface area contributed by atoms with Crippen molar-refractivity contribution in [2.45, 2.75) is 0 Å². The molecule has 8 heteroatoms. The van der Waals surface area contributed by atoms with Crippen LogP contribution in [0.4, 0.5) is 17.5 Å². The summed E-state index contributed by atoms with van der Waals surface area (Å²) in [5.74, 6) is 2.28. The molecule has 3 rings (SSSR count). The molecule has 0 atom stereocenters. The van der Waals surface area contributed by atoms with Crippen molar-refractivity contribution in [2.24, 2.45) is 0 Å². The number of anilines is 3. The Morgan fingerprint density at radius 3 is 2.44 bits per heavy atom. The molecule has 0 aliphatic rings. The number of methoxy groups -OCH3 is 1. The van der Waals surface area contributed by atoms with Crippen molar-refractivity contribution in [3.8, 4) is 5.75 Å². The van der Waals surface area contributed by atoms with Crippen LogP contribution >= 0.6 is 0 Å². The zero-order valence-corrected chi connectivity index (χ0v) is 14.8. The summed E-state index contributed by atoms with van der Waals surface area (Å²) in [6.07, 6.45) is 1.70. The van der Waals surface area contributed by atoms with E-state index in [2.05, 4.69) is 31.1 Å². The maximum atomic E-state index is 12.2. The van der Waals surface area contributed by atoms with Gasteiger partial charge in [0.15, 0.2) is 5.82 Å². The predicted molar refractivity (Wildman–Crippen MR) is 103 cm³/mol. The molecule has 27 heavy (non-hydrogen) atoms. The van der Waals surface area contributed by atoms with Gasteiger partial charge in [0.1, 0.15) is 17.4 Å². The maximum absolute atomic E-state index is 12.2. The van der Waals surface area contributed by atoms with Crippen LogP contribution in [0.25, 0.3) is 0 Å². The van der Waals surface area contributed by atoms with Gasteiger partial charge in [0.25, 0.3) is 5.91 Å². The molecule has 2 aromatic heterocycles. The molecule has 138 valence electrons. The Labute approximate surface area is 157 Å². The molecule has 2 heterocycles. The second-order valence-corrected chi connectivity index (χ2v) is 5.53. The molecule has 0 saturated carbocycles. The van der Waals surface area contributed by atoms with E-state index in [1.54, 1.807) is 43.6 Å². The van der Waals surface area contributed by atoms with Gasteiger partial charge < -0.3 is 20.7 Å². The zero-order chi connectivity index (χ0) is 18.9. The molecule has 0 bridgehead atoms. The average molecular weight is 364 g/mol. The van der Waals surface area contributed by atoms with Gasteiger partial charge in [0.2, 0.25) is 0 Å². The fourth-order valence-electron chi connectivity index (χ4n) is 2.36. The van der Waals surface area contributed by atoms with E-state index in [0.717, 1.165) is 0 Å². The number of amides is 1. The smallest absolute Gasteiger partial charge is 0.255 e. The standard InChI is InChI=1S/C19H20N6O2/c1-27-15-7-3-2-6-14(15)19(26)22-13-12-21-17-9-10-18(25-24-17)23-16-8-4-5-11-20-16/h2-11H,12-13H2,1H3,(H,21,24)(H,22,26)(H,20,23,25). The summed E-state index contributed by atoms with van der Waals surface area (Å²) >= 11 is 0. The third kappa shape index (κ3) is 5.15. The number of ether oxygens (including phenoxy) is 1. The lowest BCUT2D eigenvalue weighted by atomic mass is 10.2. The molecular formula is C19H20N6O2. The van der Waals surface area contributed by atoms with E-state index in [1.807, 2.05) is 24.3 Å². The first-order valence-electron chi connectivity index (χ1n) is 8.43. The summed E-state index contributed by atoms with van der Waals surface area (Å²) in [6.45, 7) is 0.953. The molecule has 0 unspecified atom stereocenters. The molecule has 1 amide bonds. The lowest BCUT2D eigenvalue weighted by Crippen LogP contribution is -2.29. The molecule has 0 radical (unpaired) electrons. The number of carbonyl (C=O) groups is 1. The summed E-state index contributed by atoms with van der Waals surface area (Å²) in [7, 11) is 1.54. The first-order valence-corrected chi connectivity index (χ1v) is 8.43. The summed E-state index contributed by atoms with van der Waals surface area (Å²) in [6, 6.07) is 16.3. The van der Waals surface area contributed by atoms with Crippen molar-refractivity contribution in [1.29, 1.82) is 0 Å². The van der Waals surface area contributed by atoms with Gasteiger partial charge in [0.05, 0.1) is 12.7 Å². The maximum Gasteiger partial charge on any atom is 0.255 e. The number of pyridine rings is 1. The van der Waals surface area contributed by atoms with Crippen molar-refractivity contribution in [3.63, 3.8) is 0 Å². The molecule has 3 aromatic rings. The van der Waals surface area contributed by atoms with E-state index in [0.29, 0.717) is 41.9 Å². The van der Waals surface area contributed by atoms with Crippen LogP contribution in [-0.2, 0) is 0 Å². The number of hydrogen-bond donors (Lipinski definition) is 3. The topological polar surface area (TPSA) is 101 Å². The van der Waals surface area contributed by atoms with Crippen LogP contribution in [0.1, 0.15) is 10.4 Å². The molecule has 8 nitrogen and oxygen atoms in total. The minimum absolute atomic E-state index is 0.185. The van der Waals surface area contributed by atoms with E-state index in [9.17, 15) is 4.79 Å². The molecule has 0 aliphatic carbocycles. The normalized spacial score (nSPS) is 10.1. The largest absolute Gasteiger partial charge is 0.496 e. The Balaban J connectivity index is 1.44. The lowest BCUT2D eigenvalue weighted by molar-refractivity contribution is 0.0952. The van der Waals surface area contributed by atoms with Gasteiger partial charge in [0, 0.05) is 19.3 Å². The number of nitrogens with one attached hydrogen (secondary N) is 3. The quantitative estimate of drug-likeness (QED) is 0.528. The molecule has 3 N–H and O–H groups in total. The van der Waals surface area contributed by atoms with Gasteiger partial charge in [-0.2, -0.15) is 0 Å². The van der Waals surface area contributed by atoms with E-state index < -0.39 is 0 Å². The summed E-state index contributed by atoms with van der Waals surface area (Å²) in [5, 5.41) is 17.2. The van der Waals surface area contributed by atoms with E-state index in [-0.39, 0.29) is 5.91 Å². The number of nitrogens with zero attached hydrogens (tertiary/aromatic N) is 3. The van der Waals surface area contributed by atoms with Crippen LogP contribution < -0.4 is 20.7 Å². The number of carbonyl (C=O) groups excluding carboxylic acids is 1. The monoisotopic (exact) mass is 364 g/mol. The highest BCUT2D eigenvalue weighted by Gasteiger charge is 2.10. The fourth-order valence-corrected chi connectivity index (χ4v) is 2.36. The number of para-hydroxylation sites is 1. The number of benzene rings is 1. The zero-order valence-electron chi connectivity index (χ0n) is 14.8. The predicted octanol–water partition coefficient (Wildman–Crippen LogP) is 2.47. The van der Waals surface area contributed by atoms with E-state index in [4.69, 9.17) is 4.74 Å². The van der Waals surface area contributed by atoms with Gasteiger partial charge >= 0.3 is 0 Å². The summed E-state index contributed by atoms with van der Waals surface area (Å²) < 4.78 is 5.19.